The van der Waals surface area contributed by atoms with E-state index in [1.165, 1.54) is 0 Å². The molecule has 13 heavy (non-hydrogen) atoms. The fraction of sp³-hybridized carbons (Fsp3) is 0.286. The average Bonchev–Trinajstić information content (AvgIpc) is 2.03. The standard InChI is InChI=1S/C4H4O4.C3H6N2/c5-3(6)1-2-4(7)8;4-2-1-3-5/h1-2H,(H,5,6)(H,7,8);1-2,4H2/p-1/b2-1+;. The number of nitrogens with zero attached hydrogens (tertiary/aromatic N) is 1. The Hall–Kier alpha value is -1.87. The first-order chi connectivity index (χ1) is 6.04. The van der Waals surface area contributed by atoms with Crippen LogP contribution < -0.4 is 15.9 Å². The summed E-state index contributed by atoms with van der Waals surface area (Å²) in [6.07, 6.45) is 1.35. The molecule has 72 valence electrons. The largest absolute Gasteiger partial charge is 0.545 e. The van der Waals surface area contributed by atoms with E-state index in [1.54, 1.807) is 0 Å². The summed E-state index contributed by atoms with van der Waals surface area (Å²) in [6.45, 7) is 0.733. The van der Waals surface area contributed by atoms with Crippen molar-refractivity contribution < 1.29 is 25.5 Å². The Morgan fingerprint density at radius 1 is 1.31 bits per heavy atom. The van der Waals surface area contributed by atoms with Gasteiger partial charge >= 0.3 is 0 Å². The molecule has 0 rings (SSSR count). The number of quaternary nitrogens is 1. The Labute approximate surface area is 74.9 Å². The van der Waals surface area contributed by atoms with Crippen LogP contribution in [0.25, 0.3) is 0 Å². The molecule has 0 unspecified atom stereocenters. The number of hydrogen-bond donors (Lipinski definition) is 1. The van der Waals surface area contributed by atoms with Crippen LogP contribution in [0.2, 0.25) is 0 Å². The third kappa shape index (κ3) is 25.4. The van der Waals surface area contributed by atoms with Crippen molar-refractivity contribution in [3.8, 4) is 6.07 Å². The topological polar surface area (TPSA) is 132 Å². The van der Waals surface area contributed by atoms with Crippen molar-refractivity contribution in [2.24, 2.45) is 0 Å². The molecule has 0 atom stereocenters. The second-order valence-electron chi connectivity index (χ2n) is 1.73. The predicted molar refractivity (Wildman–Crippen MR) is 37.1 cm³/mol. The molecular weight excluding hydrogens is 176 g/mol. The minimum absolute atomic E-state index is 0.384. The van der Waals surface area contributed by atoms with Gasteiger partial charge < -0.3 is 25.5 Å². The minimum atomic E-state index is -1.55. The maximum atomic E-state index is 9.41. The summed E-state index contributed by atoms with van der Waals surface area (Å²) < 4.78 is 0. The molecule has 0 spiro atoms. The highest BCUT2D eigenvalue weighted by Crippen LogP contribution is 1.64. The van der Waals surface area contributed by atoms with Gasteiger partial charge in [0.2, 0.25) is 0 Å². The molecule has 0 saturated carbocycles. The minimum Gasteiger partial charge on any atom is -0.545 e. The van der Waals surface area contributed by atoms with Gasteiger partial charge in [-0.25, -0.2) is 0 Å². The number of aliphatic carboxylic acids is 2. The number of carbonyl (C=O) groups is 2. The van der Waals surface area contributed by atoms with Gasteiger partial charge in [-0.3, -0.25) is 0 Å². The molecule has 0 aliphatic rings. The maximum Gasteiger partial charge on any atom is 0.0871 e. The van der Waals surface area contributed by atoms with Gasteiger partial charge in [-0.05, 0) is 12.2 Å². The smallest absolute Gasteiger partial charge is 0.0871 e. The Balaban J connectivity index is 0. The van der Waals surface area contributed by atoms with Crippen LogP contribution >= 0.6 is 0 Å². The van der Waals surface area contributed by atoms with Crippen molar-refractivity contribution in [3.05, 3.63) is 12.2 Å². The van der Waals surface area contributed by atoms with E-state index in [2.05, 4.69) is 5.73 Å². The van der Waals surface area contributed by atoms with Crippen LogP contribution in [0.5, 0.6) is 0 Å². The molecule has 0 aliphatic carbocycles. The maximum absolute atomic E-state index is 9.41. The summed E-state index contributed by atoms with van der Waals surface area (Å²) in [5.41, 5.74) is 3.45. The van der Waals surface area contributed by atoms with E-state index in [1.807, 2.05) is 6.07 Å². The lowest BCUT2D eigenvalue weighted by atomic mass is 10.5. The van der Waals surface area contributed by atoms with Crippen LogP contribution in [0.15, 0.2) is 12.2 Å². The van der Waals surface area contributed by atoms with Gasteiger partial charge in [0.05, 0.1) is 31.0 Å². The van der Waals surface area contributed by atoms with E-state index in [0.717, 1.165) is 6.54 Å². The van der Waals surface area contributed by atoms with Crippen molar-refractivity contribution in [2.45, 2.75) is 6.42 Å². The first kappa shape index (κ1) is 13.7. The van der Waals surface area contributed by atoms with Gasteiger partial charge in [-0.15, -0.1) is 0 Å². The lowest BCUT2D eigenvalue weighted by Crippen LogP contribution is -2.49. The zero-order valence-corrected chi connectivity index (χ0v) is 6.86. The number of hydrogen-bond acceptors (Lipinski definition) is 5. The molecule has 0 aromatic heterocycles. The summed E-state index contributed by atoms with van der Waals surface area (Å²) in [4.78, 5) is 18.8. The lowest BCUT2D eigenvalue weighted by Gasteiger charge is -1.90. The van der Waals surface area contributed by atoms with Gasteiger partial charge in [0.25, 0.3) is 0 Å². The molecule has 0 radical (unpaired) electrons. The van der Waals surface area contributed by atoms with Crippen molar-refractivity contribution in [3.63, 3.8) is 0 Å². The zero-order chi connectivity index (χ0) is 10.7. The average molecular weight is 185 g/mol. The van der Waals surface area contributed by atoms with E-state index in [9.17, 15) is 19.8 Å². The second-order valence-corrected chi connectivity index (χ2v) is 1.73. The molecule has 0 fully saturated rings. The van der Waals surface area contributed by atoms with Gasteiger partial charge in [-0.2, -0.15) is 5.26 Å². The van der Waals surface area contributed by atoms with E-state index >= 15 is 0 Å². The normalized spacial score (nSPS) is 8.31. The number of rotatable bonds is 3. The van der Waals surface area contributed by atoms with Crippen LogP contribution in [-0.2, 0) is 9.59 Å². The van der Waals surface area contributed by atoms with Crippen molar-refractivity contribution in [1.29, 1.82) is 5.26 Å². The molecule has 0 aliphatic heterocycles. The van der Waals surface area contributed by atoms with Gasteiger partial charge in [0, 0.05) is 0 Å². The Morgan fingerprint density at radius 2 is 1.69 bits per heavy atom. The Kier molecular flexibility index (Phi) is 10.7. The molecule has 0 aromatic carbocycles. The first-order valence-corrected chi connectivity index (χ1v) is 3.30. The number of nitriles is 1. The number of carboxylic acid groups (broad SMARTS) is 2. The molecule has 3 N–H and O–H groups in total. The Morgan fingerprint density at radius 3 is 1.77 bits per heavy atom. The van der Waals surface area contributed by atoms with E-state index in [0.29, 0.717) is 18.6 Å². The van der Waals surface area contributed by atoms with Crippen LogP contribution in [-0.4, -0.2) is 18.5 Å². The van der Waals surface area contributed by atoms with Crippen LogP contribution in [0.1, 0.15) is 6.42 Å². The summed E-state index contributed by atoms with van der Waals surface area (Å²) >= 11 is 0. The molecule has 6 nitrogen and oxygen atoms in total. The van der Waals surface area contributed by atoms with Gasteiger partial charge in [0.1, 0.15) is 0 Å². The molecular formula is C7H9N2O4-. The molecule has 6 heteroatoms. The fourth-order valence-corrected chi connectivity index (χ4v) is 0.215. The molecule has 0 heterocycles. The third-order valence-corrected chi connectivity index (χ3v) is 0.644. The predicted octanol–water partition coefficient (Wildman–Crippen LogP) is -3.82. The molecule has 0 aromatic rings. The number of carboxylic acids is 2. The molecule has 0 bridgehead atoms. The van der Waals surface area contributed by atoms with Crippen molar-refractivity contribution in [1.82, 2.24) is 0 Å². The summed E-state index contributed by atoms with van der Waals surface area (Å²) in [5, 5.41) is 26.6. The summed E-state index contributed by atoms with van der Waals surface area (Å²) in [5.74, 6) is -3.09. The Bertz CT molecular complexity index is 213. The third-order valence-electron chi connectivity index (χ3n) is 0.644. The van der Waals surface area contributed by atoms with Gasteiger partial charge in [0.15, 0.2) is 0 Å². The monoisotopic (exact) mass is 185 g/mol. The quantitative estimate of drug-likeness (QED) is 0.450. The lowest BCUT2D eigenvalue weighted by molar-refractivity contribution is -0.365. The van der Waals surface area contributed by atoms with Crippen molar-refractivity contribution in [2.75, 3.05) is 6.54 Å². The summed E-state index contributed by atoms with van der Waals surface area (Å²) in [7, 11) is 0. The fourth-order valence-electron chi connectivity index (χ4n) is 0.215. The van der Waals surface area contributed by atoms with Crippen LogP contribution in [0.3, 0.4) is 0 Å². The van der Waals surface area contributed by atoms with E-state index in [-0.39, 0.29) is 0 Å². The van der Waals surface area contributed by atoms with E-state index < -0.39 is 11.9 Å². The highest BCUT2D eigenvalue weighted by atomic mass is 16.4. The highest BCUT2D eigenvalue weighted by Gasteiger charge is 1.71. The zero-order valence-electron chi connectivity index (χ0n) is 6.86. The molecule has 0 saturated heterocycles. The van der Waals surface area contributed by atoms with E-state index in [4.69, 9.17) is 5.26 Å². The molecule has 0 amide bonds. The first-order valence-electron chi connectivity index (χ1n) is 3.30. The highest BCUT2D eigenvalue weighted by molar-refractivity contribution is 5.87. The van der Waals surface area contributed by atoms with Gasteiger partial charge in [-0.1, -0.05) is 0 Å². The second kappa shape index (κ2) is 10.1. The van der Waals surface area contributed by atoms with Crippen LogP contribution in [0, 0.1) is 11.3 Å². The van der Waals surface area contributed by atoms with Crippen molar-refractivity contribution >= 4 is 11.9 Å². The SMILES string of the molecule is N#CCC[NH3+].O=C([O-])/C=C/C(=O)[O-]. The summed E-state index contributed by atoms with van der Waals surface area (Å²) in [6, 6.07) is 1.95. The van der Waals surface area contributed by atoms with Crippen LogP contribution in [0.4, 0.5) is 0 Å². The number of carbonyl (C=O) groups excluding carboxylic acids is 2.